The Labute approximate surface area is 116 Å². The molecule has 1 aliphatic heterocycles. The van der Waals surface area contributed by atoms with Crippen molar-refractivity contribution in [3.05, 3.63) is 35.9 Å². The topological polar surface area (TPSA) is 24.1 Å². The summed E-state index contributed by atoms with van der Waals surface area (Å²) in [6, 6.07) is 12.6. The predicted molar refractivity (Wildman–Crippen MR) is 78.3 cm³/mol. The van der Waals surface area contributed by atoms with Crippen LogP contribution in [0.15, 0.2) is 30.3 Å². The average molecular weight is 256 g/mol. The lowest BCUT2D eigenvalue weighted by molar-refractivity contribution is 0.0449. The molecule has 3 aliphatic rings. The Hall–Kier alpha value is -0.860. The molecule has 2 saturated carbocycles. The number of nitrogens with one attached hydrogen (secondary N) is 2. The smallest absolute Gasteiger partial charge is 0.0145 e. The summed E-state index contributed by atoms with van der Waals surface area (Å²) in [5.74, 6) is 0.783. The van der Waals surface area contributed by atoms with Crippen LogP contribution in [0.1, 0.15) is 43.6 Å². The molecule has 0 bridgehead atoms. The zero-order valence-electron chi connectivity index (χ0n) is 11.6. The molecule has 2 nitrogen and oxygen atoms in total. The van der Waals surface area contributed by atoms with Gasteiger partial charge in [-0.1, -0.05) is 30.3 Å². The molecule has 0 amide bonds. The van der Waals surface area contributed by atoms with Crippen LogP contribution in [0, 0.1) is 5.41 Å². The first kappa shape index (κ1) is 11.9. The molecule has 2 N–H and O–H groups in total. The first-order valence-corrected chi connectivity index (χ1v) is 7.86. The largest absolute Gasteiger partial charge is 0.317 e. The SMILES string of the molecule is c1ccc([C@@H]2C[C@H]2NC2CC3(CCNCC3)C2)cc1. The molecule has 1 spiro atoms. The highest BCUT2D eigenvalue weighted by atomic mass is 15.0. The van der Waals surface area contributed by atoms with Crippen LogP contribution in [-0.2, 0) is 0 Å². The van der Waals surface area contributed by atoms with E-state index in [1.54, 1.807) is 0 Å². The molecule has 0 aromatic heterocycles. The van der Waals surface area contributed by atoms with Gasteiger partial charge in [0.2, 0.25) is 0 Å². The van der Waals surface area contributed by atoms with E-state index in [-0.39, 0.29) is 0 Å². The van der Waals surface area contributed by atoms with Gasteiger partial charge in [-0.15, -0.1) is 0 Å². The Morgan fingerprint density at radius 1 is 1.05 bits per heavy atom. The Morgan fingerprint density at radius 3 is 2.53 bits per heavy atom. The van der Waals surface area contributed by atoms with Crippen molar-refractivity contribution in [3.8, 4) is 0 Å². The van der Waals surface area contributed by atoms with Crippen molar-refractivity contribution in [3.63, 3.8) is 0 Å². The van der Waals surface area contributed by atoms with Gasteiger partial charge in [-0.2, -0.15) is 0 Å². The van der Waals surface area contributed by atoms with E-state index in [2.05, 4.69) is 41.0 Å². The minimum atomic E-state index is 0.708. The van der Waals surface area contributed by atoms with E-state index in [1.165, 1.54) is 50.8 Å². The van der Waals surface area contributed by atoms with Gasteiger partial charge in [0, 0.05) is 18.0 Å². The van der Waals surface area contributed by atoms with Crippen LogP contribution in [0.4, 0.5) is 0 Å². The predicted octanol–water partition coefficient (Wildman–Crippen LogP) is 2.66. The number of hydrogen-bond acceptors (Lipinski definition) is 2. The fourth-order valence-electron chi connectivity index (χ4n) is 4.22. The van der Waals surface area contributed by atoms with E-state index in [9.17, 15) is 0 Å². The molecule has 2 heteroatoms. The Morgan fingerprint density at radius 2 is 1.79 bits per heavy atom. The van der Waals surface area contributed by atoms with E-state index in [1.807, 2.05) is 0 Å². The summed E-state index contributed by atoms with van der Waals surface area (Å²) in [6.07, 6.45) is 6.99. The standard InChI is InChI=1S/C17H24N2/c1-2-4-13(5-3-1)15-10-16(15)19-14-11-17(12-14)6-8-18-9-7-17/h1-5,14-16,18-19H,6-12H2/t15-,16+/m0/s1. The first-order chi connectivity index (χ1) is 9.35. The van der Waals surface area contributed by atoms with Crippen molar-refractivity contribution in [1.29, 1.82) is 0 Å². The molecular formula is C17H24N2. The third kappa shape index (κ3) is 2.32. The third-order valence-electron chi connectivity index (χ3n) is 5.49. The molecule has 0 radical (unpaired) electrons. The summed E-state index contributed by atoms with van der Waals surface area (Å²) in [4.78, 5) is 0. The van der Waals surface area contributed by atoms with Crippen molar-refractivity contribution in [1.82, 2.24) is 10.6 Å². The van der Waals surface area contributed by atoms with Crippen molar-refractivity contribution in [2.24, 2.45) is 5.41 Å². The molecule has 1 heterocycles. The number of benzene rings is 1. The minimum Gasteiger partial charge on any atom is -0.317 e. The summed E-state index contributed by atoms with van der Waals surface area (Å²) in [6.45, 7) is 2.48. The van der Waals surface area contributed by atoms with Crippen LogP contribution < -0.4 is 10.6 Å². The highest BCUT2D eigenvalue weighted by molar-refractivity contribution is 5.28. The highest BCUT2D eigenvalue weighted by Gasteiger charge is 2.48. The highest BCUT2D eigenvalue weighted by Crippen LogP contribution is 2.50. The molecule has 2 aliphatic carbocycles. The van der Waals surface area contributed by atoms with E-state index < -0.39 is 0 Å². The van der Waals surface area contributed by atoms with Gasteiger partial charge in [0.1, 0.15) is 0 Å². The normalized spacial score (nSPS) is 33.1. The van der Waals surface area contributed by atoms with E-state index in [4.69, 9.17) is 0 Å². The lowest BCUT2D eigenvalue weighted by Gasteiger charge is -2.51. The van der Waals surface area contributed by atoms with Crippen LogP contribution in [0.5, 0.6) is 0 Å². The second-order valence-corrected chi connectivity index (χ2v) is 6.88. The molecule has 19 heavy (non-hydrogen) atoms. The molecule has 1 aromatic rings. The molecule has 102 valence electrons. The summed E-state index contributed by atoms with van der Waals surface area (Å²) in [5, 5.41) is 7.37. The molecule has 0 unspecified atom stereocenters. The van der Waals surface area contributed by atoms with Crippen LogP contribution in [0.25, 0.3) is 0 Å². The number of hydrogen-bond donors (Lipinski definition) is 2. The summed E-state index contributed by atoms with van der Waals surface area (Å²) in [7, 11) is 0. The summed E-state index contributed by atoms with van der Waals surface area (Å²) < 4.78 is 0. The molecule has 1 aromatic carbocycles. The van der Waals surface area contributed by atoms with Crippen LogP contribution in [0.2, 0.25) is 0 Å². The molecule has 2 atom stereocenters. The maximum atomic E-state index is 3.89. The summed E-state index contributed by atoms with van der Waals surface area (Å²) >= 11 is 0. The molecule has 3 fully saturated rings. The van der Waals surface area contributed by atoms with Gasteiger partial charge < -0.3 is 10.6 Å². The fourth-order valence-corrected chi connectivity index (χ4v) is 4.22. The van der Waals surface area contributed by atoms with Crippen LogP contribution >= 0.6 is 0 Å². The maximum Gasteiger partial charge on any atom is 0.0145 e. The number of rotatable bonds is 3. The average Bonchev–Trinajstić information content (AvgIpc) is 3.19. The van der Waals surface area contributed by atoms with Crippen molar-refractivity contribution < 1.29 is 0 Å². The Bertz CT molecular complexity index is 428. The lowest BCUT2D eigenvalue weighted by Crippen LogP contribution is -2.53. The van der Waals surface area contributed by atoms with Gasteiger partial charge in [0.25, 0.3) is 0 Å². The minimum absolute atomic E-state index is 0.708. The van der Waals surface area contributed by atoms with E-state index in [0.29, 0.717) is 5.41 Å². The zero-order chi connectivity index (χ0) is 12.7. The van der Waals surface area contributed by atoms with Crippen LogP contribution in [-0.4, -0.2) is 25.2 Å². The Balaban J connectivity index is 1.27. The van der Waals surface area contributed by atoms with Gasteiger partial charge in [-0.25, -0.2) is 0 Å². The van der Waals surface area contributed by atoms with Crippen LogP contribution in [0.3, 0.4) is 0 Å². The summed E-state index contributed by atoms with van der Waals surface area (Å²) in [5.41, 5.74) is 2.23. The van der Waals surface area contributed by atoms with Gasteiger partial charge in [0.05, 0.1) is 0 Å². The second-order valence-electron chi connectivity index (χ2n) is 6.88. The van der Waals surface area contributed by atoms with Gasteiger partial charge in [-0.05, 0) is 56.2 Å². The zero-order valence-corrected chi connectivity index (χ0v) is 11.6. The Kier molecular flexibility index (Phi) is 2.89. The van der Waals surface area contributed by atoms with E-state index >= 15 is 0 Å². The lowest BCUT2D eigenvalue weighted by atomic mass is 9.60. The van der Waals surface area contributed by atoms with E-state index in [0.717, 1.165) is 18.0 Å². The molecule has 4 rings (SSSR count). The van der Waals surface area contributed by atoms with Gasteiger partial charge in [0.15, 0.2) is 0 Å². The van der Waals surface area contributed by atoms with Gasteiger partial charge >= 0.3 is 0 Å². The van der Waals surface area contributed by atoms with Crippen molar-refractivity contribution >= 4 is 0 Å². The molecular weight excluding hydrogens is 232 g/mol. The molecule has 1 saturated heterocycles. The fraction of sp³-hybridized carbons (Fsp3) is 0.647. The second kappa shape index (κ2) is 4.60. The third-order valence-corrected chi connectivity index (χ3v) is 5.49. The van der Waals surface area contributed by atoms with Crippen molar-refractivity contribution in [2.45, 2.75) is 50.1 Å². The maximum absolute atomic E-state index is 3.89. The van der Waals surface area contributed by atoms with Gasteiger partial charge in [-0.3, -0.25) is 0 Å². The first-order valence-electron chi connectivity index (χ1n) is 7.86. The number of piperidine rings is 1. The monoisotopic (exact) mass is 256 g/mol. The quantitative estimate of drug-likeness (QED) is 0.869. The van der Waals surface area contributed by atoms with Crippen molar-refractivity contribution in [2.75, 3.05) is 13.1 Å².